The zero-order valence-corrected chi connectivity index (χ0v) is 14.4. The third-order valence-corrected chi connectivity index (χ3v) is 4.43. The summed E-state index contributed by atoms with van der Waals surface area (Å²) in [4.78, 5) is 14.4. The lowest BCUT2D eigenvalue weighted by molar-refractivity contribution is 0.0962. The van der Waals surface area contributed by atoms with E-state index in [1.165, 1.54) is 6.07 Å². The summed E-state index contributed by atoms with van der Waals surface area (Å²) in [6.07, 6.45) is 0. The summed E-state index contributed by atoms with van der Waals surface area (Å²) in [5.41, 5.74) is 2.30. The number of hydrogen-bond acceptors (Lipinski definition) is 3. The lowest BCUT2D eigenvalue weighted by atomic mass is 10.1. The van der Waals surface area contributed by atoms with Crippen molar-refractivity contribution in [3.8, 4) is 5.75 Å². The first-order valence-corrected chi connectivity index (χ1v) is 8.44. The van der Waals surface area contributed by atoms with Crippen LogP contribution in [-0.2, 0) is 13.2 Å². The number of carbonyl (C=O) groups excluding carboxylic acids is 1. The van der Waals surface area contributed by atoms with Gasteiger partial charge in [-0.2, -0.15) is 5.10 Å². The van der Waals surface area contributed by atoms with Crippen molar-refractivity contribution in [2.45, 2.75) is 20.1 Å². The van der Waals surface area contributed by atoms with E-state index in [1.807, 2.05) is 30.3 Å². The number of aromatic nitrogens is 2. The molecule has 0 saturated carbocycles. The molecule has 3 aromatic rings. The number of rotatable bonds is 4. The molecule has 2 aromatic carbocycles. The lowest BCUT2D eigenvalue weighted by Crippen LogP contribution is -2.40. The maximum Gasteiger partial charge on any atom is 0.276 e. The van der Waals surface area contributed by atoms with E-state index in [0.29, 0.717) is 35.7 Å². The maximum absolute atomic E-state index is 13.9. The number of amides is 1. The van der Waals surface area contributed by atoms with Crippen LogP contribution in [0.15, 0.2) is 54.6 Å². The van der Waals surface area contributed by atoms with Gasteiger partial charge in [0.05, 0.1) is 6.54 Å². The molecule has 0 radical (unpaired) electrons. The zero-order valence-electron chi connectivity index (χ0n) is 14.4. The van der Waals surface area contributed by atoms with Crippen LogP contribution in [0.25, 0.3) is 0 Å². The Hall–Kier alpha value is -3.15. The fourth-order valence-corrected chi connectivity index (χ4v) is 2.99. The molecular weight excluding hydrogens is 333 g/mol. The highest BCUT2D eigenvalue weighted by Gasteiger charge is 2.28. The van der Waals surface area contributed by atoms with Gasteiger partial charge < -0.3 is 9.64 Å². The van der Waals surface area contributed by atoms with Gasteiger partial charge in [0.1, 0.15) is 29.6 Å². The topological polar surface area (TPSA) is 47.4 Å². The van der Waals surface area contributed by atoms with Gasteiger partial charge in [-0.15, -0.1) is 0 Å². The molecule has 5 nitrogen and oxygen atoms in total. The summed E-state index contributed by atoms with van der Waals surface area (Å²) in [6.45, 7) is 3.00. The van der Waals surface area contributed by atoms with Crippen LogP contribution in [0, 0.1) is 12.7 Å². The van der Waals surface area contributed by atoms with Gasteiger partial charge in [-0.3, -0.25) is 9.48 Å². The van der Waals surface area contributed by atoms with E-state index >= 15 is 0 Å². The molecule has 0 unspecified atom stereocenters. The molecule has 1 aliphatic rings. The van der Waals surface area contributed by atoms with Crippen LogP contribution in [0.3, 0.4) is 0 Å². The van der Waals surface area contributed by atoms with Crippen LogP contribution in [0.1, 0.15) is 21.7 Å². The standard InChI is InChI=1S/C20H18FN3O2/c1-14-7-8-16(12-18(14)21)23-9-10-24-19(20(23)25)11-15(22-24)13-26-17-5-3-2-4-6-17/h2-8,11-12H,9-10,13H2,1H3. The molecule has 0 bridgehead atoms. The molecule has 2 heterocycles. The molecule has 0 atom stereocenters. The first-order valence-electron chi connectivity index (χ1n) is 8.44. The molecule has 0 fully saturated rings. The van der Waals surface area contributed by atoms with E-state index in [4.69, 9.17) is 4.74 Å². The highest BCUT2D eigenvalue weighted by molar-refractivity contribution is 6.05. The van der Waals surface area contributed by atoms with E-state index in [2.05, 4.69) is 5.10 Å². The van der Waals surface area contributed by atoms with Gasteiger partial charge in [0, 0.05) is 12.2 Å². The van der Waals surface area contributed by atoms with Crippen LogP contribution in [0.4, 0.5) is 10.1 Å². The van der Waals surface area contributed by atoms with Crippen molar-refractivity contribution in [1.29, 1.82) is 0 Å². The summed E-state index contributed by atoms with van der Waals surface area (Å²) in [5, 5.41) is 4.45. The molecule has 6 heteroatoms. The molecule has 0 saturated heterocycles. The third-order valence-electron chi connectivity index (χ3n) is 4.43. The number of benzene rings is 2. The lowest BCUT2D eigenvalue weighted by Gasteiger charge is -2.27. The van der Waals surface area contributed by atoms with E-state index in [9.17, 15) is 9.18 Å². The second kappa shape index (κ2) is 6.63. The van der Waals surface area contributed by atoms with Gasteiger partial charge in [-0.25, -0.2) is 4.39 Å². The molecule has 1 aromatic heterocycles. The number of hydrogen-bond donors (Lipinski definition) is 0. The van der Waals surface area contributed by atoms with E-state index in [1.54, 1.807) is 34.7 Å². The second-order valence-corrected chi connectivity index (χ2v) is 6.24. The Kier molecular flexibility index (Phi) is 4.16. The second-order valence-electron chi connectivity index (χ2n) is 6.24. The predicted octanol–water partition coefficient (Wildman–Crippen LogP) is 3.57. The number of carbonyl (C=O) groups is 1. The summed E-state index contributed by atoms with van der Waals surface area (Å²) >= 11 is 0. The fraction of sp³-hybridized carbons (Fsp3) is 0.200. The smallest absolute Gasteiger partial charge is 0.276 e. The first kappa shape index (κ1) is 16.3. The molecule has 0 aliphatic carbocycles. The third kappa shape index (κ3) is 3.06. The first-order chi connectivity index (χ1) is 12.6. The van der Waals surface area contributed by atoms with Gasteiger partial charge in [-0.1, -0.05) is 24.3 Å². The number of ether oxygens (including phenoxy) is 1. The maximum atomic E-state index is 13.9. The minimum atomic E-state index is -0.314. The summed E-state index contributed by atoms with van der Waals surface area (Å²) in [7, 11) is 0. The molecule has 4 rings (SSSR count). The minimum absolute atomic E-state index is 0.182. The zero-order chi connectivity index (χ0) is 18.1. The van der Waals surface area contributed by atoms with Crippen LogP contribution < -0.4 is 9.64 Å². The predicted molar refractivity (Wildman–Crippen MR) is 95.8 cm³/mol. The van der Waals surface area contributed by atoms with Gasteiger partial charge in [0.25, 0.3) is 5.91 Å². The van der Waals surface area contributed by atoms with Crippen molar-refractivity contribution in [2.75, 3.05) is 11.4 Å². The highest BCUT2D eigenvalue weighted by Crippen LogP contribution is 2.24. The summed E-state index contributed by atoms with van der Waals surface area (Å²) < 4.78 is 21.2. The number of para-hydroxylation sites is 1. The van der Waals surface area contributed by atoms with Crippen molar-refractivity contribution in [2.24, 2.45) is 0 Å². The van der Waals surface area contributed by atoms with Gasteiger partial charge in [0.15, 0.2) is 0 Å². The average Bonchev–Trinajstić information content (AvgIpc) is 3.08. The van der Waals surface area contributed by atoms with E-state index < -0.39 is 0 Å². The average molecular weight is 351 g/mol. The Labute approximate surface area is 150 Å². The Morgan fingerprint density at radius 2 is 1.92 bits per heavy atom. The molecule has 1 amide bonds. The largest absolute Gasteiger partial charge is 0.487 e. The number of halogens is 1. The SMILES string of the molecule is Cc1ccc(N2CCn3nc(COc4ccccc4)cc3C2=O)cc1F. The van der Waals surface area contributed by atoms with Crippen LogP contribution in [-0.4, -0.2) is 22.2 Å². The minimum Gasteiger partial charge on any atom is -0.487 e. The van der Waals surface area contributed by atoms with Crippen molar-refractivity contribution >= 4 is 11.6 Å². The highest BCUT2D eigenvalue weighted by atomic mass is 19.1. The van der Waals surface area contributed by atoms with Crippen molar-refractivity contribution in [3.05, 3.63) is 77.4 Å². The fourth-order valence-electron chi connectivity index (χ4n) is 2.99. The molecule has 1 aliphatic heterocycles. The number of aryl methyl sites for hydroxylation is 1. The van der Waals surface area contributed by atoms with Crippen LogP contribution in [0.2, 0.25) is 0 Å². The van der Waals surface area contributed by atoms with Crippen molar-refractivity contribution in [1.82, 2.24) is 9.78 Å². The molecule has 0 spiro atoms. The number of nitrogens with zero attached hydrogens (tertiary/aromatic N) is 3. The number of fused-ring (bicyclic) bond motifs is 1. The van der Waals surface area contributed by atoms with E-state index in [-0.39, 0.29) is 18.3 Å². The Balaban J connectivity index is 1.53. The Morgan fingerprint density at radius 3 is 2.69 bits per heavy atom. The normalized spacial score (nSPS) is 13.6. The van der Waals surface area contributed by atoms with Crippen molar-refractivity contribution < 1.29 is 13.9 Å². The molecule has 26 heavy (non-hydrogen) atoms. The molecule has 0 N–H and O–H groups in total. The van der Waals surface area contributed by atoms with Gasteiger partial charge in [0.2, 0.25) is 0 Å². The quantitative estimate of drug-likeness (QED) is 0.722. The Bertz CT molecular complexity index is 953. The van der Waals surface area contributed by atoms with E-state index in [0.717, 1.165) is 5.75 Å². The van der Waals surface area contributed by atoms with Crippen molar-refractivity contribution in [3.63, 3.8) is 0 Å². The van der Waals surface area contributed by atoms with Gasteiger partial charge in [-0.05, 0) is 42.8 Å². The Morgan fingerprint density at radius 1 is 1.12 bits per heavy atom. The van der Waals surface area contributed by atoms with Crippen LogP contribution in [0.5, 0.6) is 5.75 Å². The molecular formula is C20H18FN3O2. The summed E-state index contributed by atoms with van der Waals surface area (Å²) in [6, 6.07) is 16.0. The van der Waals surface area contributed by atoms with Gasteiger partial charge >= 0.3 is 0 Å². The monoisotopic (exact) mass is 351 g/mol. The number of anilines is 1. The van der Waals surface area contributed by atoms with Crippen LogP contribution >= 0.6 is 0 Å². The summed E-state index contributed by atoms with van der Waals surface area (Å²) in [5.74, 6) is 0.255. The molecule has 132 valence electrons.